The number of alkyl carbamates (subject to hydrolysis) is 1. The first-order valence-corrected chi connectivity index (χ1v) is 11.1. The minimum absolute atomic E-state index is 0.314. The first-order valence-electron chi connectivity index (χ1n) is 11.1. The zero-order valence-corrected chi connectivity index (χ0v) is 19.2. The average Bonchev–Trinajstić information content (AvgIpc) is 3.03. The van der Waals surface area contributed by atoms with Gasteiger partial charge >= 0.3 is 6.09 Å². The molecule has 32 heavy (non-hydrogen) atoms. The molecule has 9 heteroatoms. The zero-order chi connectivity index (χ0) is 22.7. The average molecular weight is 439 g/mol. The molecule has 5 rings (SSSR count). The van der Waals surface area contributed by atoms with Crippen molar-refractivity contribution in [1.82, 2.24) is 29.7 Å². The van der Waals surface area contributed by atoms with E-state index in [-0.39, 0.29) is 11.7 Å². The third kappa shape index (κ3) is 3.69. The van der Waals surface area contributed by atoms with Crippen LogP contribution in [0.2, 0.25) is 0 Å². The number of carbonyl (C=O) groups is 1. The van der Waals surface area contributed by atoms with E-state index in [0.29, 0.717) is 30.2 Å². The van der Waals surface area contributed by atoms with Gasteiger partial charge in [-0.05, 0) is 52.5 Å². The lowest BCUT2D eigenvalue weighted by atomic mass is 9.69. The van der Waals surface area contributed by atoms with Crippen LogP contribution in [0.15, 0.2) is 30.9 Å². The van der Waals surface area contributed by atoms with Crippen LogP contribution >= 0.6 is 0 Å². The molecule has 3 aromatic rings. The van der Waals surface area contributed by atoms with Crippen LogP contribution in [0.5, 0.6) is 5.88 Å². The van der Waals surface area contributed by atoms with Gasteiger partial charge in [0.05, 0.1) is 24.3 Å². The molecule has 2 aliphatic rings. The normalized spacial score (nSPS) is 26.3. The summed E-state index contributed by atoms with van der Waals surface area (Å²) in [4.78, 5) is 16.8. The topological polar surface area (TPSA) is 95.6 Å². The maximum absolute atomic E-state index is 12.0. The molecule has 0 bridgehead atoms. The largest absolute Gasteiger partial charge is 0.469 e. The molecule has 0 saturated heterocycles. The SMILES string of the molecule is Cn1cc(-c2cn3nccc3c(O[C@@]3(C)C4C[C@H]4[C@H]3CCNC(=O)OC(C)(C)C)n2)cn1. The zero-order valence-electron chi connectivity index (χ0n) is 19.2. The van der Waals surface area contributed by atoms with Gasteiger partial charge in [0.25, 0.3) is 0 Å². The summed E-state index contributed by atoms with van der Waals surface area (Å²) < 4.78 is 15.5. The van der Waals surface area contributed by atoms with Crippen molar-refractivity contribution in [2.45, 2.75) is 51.7 Å². The van der Waals surface area contributed by atoms with Gasteiger partial charge in [0.15, 0.2) is 0 Å². The lowest BCUT2D eigenvalue weighted by Gasteiger charge is -2.46. The standard InChI is InChI=1S/C23H30N6O3/c1-22(2,3)32-21(30)24-8-6-16-15-10-17(15)23(16,4)31-20-19-7-9-25-29(19)13-18(27-20)14-11-26-28(5)12-14/h7,9,11-13,15-17H,6,8,10H2,1-5H3,(H,24,30)/t15-,16+,17?,23+/m0/s1. The number of hydrogen-bond acceptors (Lipinski definition) is 6. The predicted octanol–water partition coefficient (Wildman–Crippen LogP) is 3.45. The van der Waals surface area contributed by atoms with Gasteiger partial charge in [-0.3, -0.25) is 4.68 Å². The Balaban J connectivity index is 1.32. The molecule has 3 aromatic heterocycles. The van der Waals surface area contributed by atoms with Crippen molar-refractivity contribution < 1.29 is 14.3 Å². The maximum Gasteiger partial charge on any atom is 0.407 e. The molecule has 0 radical (unpaired) electrons. The highest BCUT2D eigenvalue weighted by Gasteiger charge is 2.70. The second kappa shape index (κ2) is 7.21. The van der Waals surface area contributed by atoms with Gasteiger partial charge in [0.1, 0.15) is 16.7 Å². The van der Waals surface area contributed by atoms with E-state index in [4.69, 9.17) is 14.5 Å². The fourth-order valence-electron chi connectivity index (χ4n) is 5.07. The highest BCUT2D eigenvalue weighted by molar-refractivity contribution is 5.67. The summed E-state index contributed by atoms with van der Waals surface area (Å²) in [6.07, 6.45) is 8.98. The number of nitrogens with one attached hydrogen (secondary N) is 1. The number of nitrogens with zero attached hydrogens (tertiary/aromatic N) is 5. The summed E-state index contributed by atoms with van der Waals surface area (Å²) in [5, 5.41) is 11.5. The van der Waals surface area contributed by atoms with Crippen LogP contribution in [-0.2, 0) is 11.8 Å². The van der Waals surface area contributed by atoms with Gasteiger partial charge in [0.2, 0.25) is 5.88 Å². The van der Waals surface area contributed by atoms with Crippen molar-refractivity contribution in [3.05, 3.63) is 30.9 Å². The van der Waals surface area contributed by atoms with Gasteiger partial charge in [-0.2, -0.15) is 10.2 Å². The van der Waals surface area contributed by atoms with E-state index in [1.54, 1.807) is 21.6 Å². The quantitative estimate of drug-likeness (QED) is 0.633. The van der Waals surface area contributed by atoms with Crippen molar-refractivity contribution >= 4 is 11.6 Å². The van der Waals surface area contributed by atoms with Crippen molar-refractivity contribution in [3.8, 4) is 17.1 Å². The highest BCUT2D eigenvalue weighted by atomic mass is 16.6. The monoisotopic (exact) mass is 438 g/mol. The lowest BCUT2D eigenvalue weighted by Crippen LogP contribution is -2.53. The predicted molar refractivity (Wildman–Crippen MR) is 118 cm³/mol. The second-order valence-electron chi connectivity index (χ2n) is 10.1. The third-order valence-electron chi connectivity index (χ3n) is 6.63. The Morgan fingerprint density at radius 3 is 2.84 bits per heavy atom. The van der Waals surface area contributed by atoms with Crippen molar-refractivity contribution in [3.63, 3.8) is 0 Å². The fraction of sp³-hybridized carbons (Fsp3) is 0.565. The number of aryl methyl sites for hydroxylation is 1. The molecule has 9 nitrogen and oxygen atoms in total. The van der Waals surface area contributed by atoms with Crippen LogP contribution in [-0.4, -0.2) is 48.2 Å². The molecule has 1 unspecified atom stereocenters. The lowest BCUT2D eigenvalue weighted by molar-refractivity contribution is -0.0728. The Morgan fingerprint density at radius 1 is 1.31 bits per heavy atom. The Hall–Kier alpha value is -3.10. The van der Waals surface area contributed by atoms with E-state index in [2.05, 4.69) is 22.4 Å². The van der Waals surface area contributed by atoms with E-state index in [1.807, 2.05) is 46.3 Å². The summed E-state index contributed by atoms with van der Waals surface area (Å²) in [6, 6.07) is 1.92. The van der Waals surface area contributed by atoms with Crippen LogP contribution < -0.4 is 10.1 Å². The number of aromatic nitrogens is 5. The molecular weight excluding hydrogens is 408 g/mol. The first kappa shape index (κ1) is 20.8. The molecule has 1 N–H and O–H groups in total. The number of rotatable bonds is 6. The molecule has 0 spiro atoms. The molecule has 4 atom stereocenters. The number of fused-ring (bicyclic) bond motifs is 2. The Bertz CT molecular complexity index is 1160. The molecule has 1 amide bonds. The summed E-state index contributed by atoms with van der Waals surface area (Å²) in [7, 11) is 1.88. The van der Waals surface area contributed by atoms with Crippen molar-refractivity contribution in [2.75, 3.05) is 6.54 Å². The first-order chi connectivity index (χ1) is 15.1. The van der Waals surface area contributed by atoms with Crippen LogP contribution in [0.25, 0.3) is 16.8 Å². The van der Waals surface area contributed by atoms with Crippen LogP contribution in [0.3, 0.4) is 0 Å². The molecular formula is C23H30N6O3. The van der Waals surface area contributed by atoms with Gasteiger partial charge in [-0.1, -0.05) is 0 Å². The Labute approximate surface area is 187 Å². The van der Waals surface area contributed by atoms with Crippen molar-refractivity contribution in [2.24, 2.45) is 24.8 Å². The number of carbonyl (C=O) groups excluding carboxylic acids is 1. The Morgan fingerprint density at radius 2 is 2.12 bits per heavy atom. The molecule has 2 saturated carbocycles. The van der Waals surface area contributed by atoms with E-state index in [1.165, 1.54) is 0 Å². The highest BCUT2D eigenvalue weighted by Crippen LogP contribution is 2.68. The summed E-state index contributed by atoms with van der Waals surface area (Å²) in [5.74, 6) is 2.12. The summed E-state index contributed by atoms with van der Waals surface area (Å²) in [6.45, 7) is 8.32. The Kier molecular flexibility index (Phi) is 4.69. The summed E-state index contributed by atoms with van der Waals surface area (Å²) in [5.41, 5.74) is 1.71. The van der Waals surface area contributed by atoms with Gasteiger partial charge in [0, 0.05) is 37.2 Å². The van der Waals surface area contributed by atoms with E-state index < -0.39 is 5.60 Å². The molecule has 0 aliphatic heterocycles. The smallest absolute Gasteiger partial charge is 0.407 e. The molecule has 3 heterocycles. The minimum Gasteiger partial charge on any atom is -0.469 e. The van der Waals surface area contributed by atoms with E-state index in [9.17, 15) is 4.79 Å². The number of ether oxygens (including phenoxy) is 2. The second-order valence-corrected chi connectivity index (χ2v) is 10.1. The van der Waals surface area contributed by atoms with Gasteiger partial charge in [-0.25, -0.2) is 14.3 Å². The van der Waals surface area contributed by atoms with Crippen molar-refractivity contribution in [1.29, 1.82) is 0 Å². The van der Waals surface area contributed by atoms with E-state index in [0.717, 1.165) is 29.6 Å². The van der Waals surface area contributed by atoms with Crippen LogP contribution in [0.1, 0.15) is 40.5 Å². The number of amides is 1. The molecule has 2 fully saturated rings. The fourth-order valence-corrected chi connectivity index (χ4v) is 5.07. The molecule has 0 aromatic carbocycles. The van der Waals surface area contributed by atoms with E-state index >= 15 is 0 Å². The molecule has 2 aliphatic carbocycles. The maximum atomic E-state index is 12.0. The number of hydrogen-bond donors (Lipinski definition) is 1. The summed E-state index contributed by atoms with van der Waals surface area (Å²) >= 11 is 0. The van der Waals surface area contributed by atoms with Gasteiger partial charge in [-0.15, -0.1) is 0 Å². The minimum atomic E-state index is -0.499. The van der Waals surface area contributed by atoms with Gasteiger partial charge < -0.3 is 14.8 Å². The third-order valence-corrected chi connectivity index (χ3v) is 6.63. The molecule has 170 valence electrons. The van der Waals surface area contributed by atoms with Crippen LogP contribution in [0.4, 0.5) is 4.79 Å². The van der Waals surface area contributed by atoms with Crippen LogP contribution in [0, 0.1) is 17.8 Å².